The summed E-state index contributed by atoms with van der Waals surface area (Å²) in [4.78, 5) is 17.1. The summed E-state index contributed by atoms with van der Waals surface area (Å²) >= 11 is 1.66. The fourth-order valence-corrected chi connectivity index (χ4v) is 3.78. The number of nitrogens with one attached hydrogen (secondary N) is 1. The molecule has 3 rings (SSSR count). The van der Waals surface area contributed by atoms with Crippen LogP contribution in [0.4, 0.5) is 11.4 Å². The van der Waals surface area contributed by atoms with Gasteiger partial charge in [-0.25, -0.2) is 0 Å². The van der Waals surface area contributed by atoms with E-state index in [0.29, 0.717) is 0 Å². The van der Waals surface area contributed by atoms with Crippen molar-refractivity contribution in [2.75, 3.05) is 43.4 Å². The minimum atomic E-state index is -0.0903. The lowest BCUT2D eigenvalue weighted by Gasteiger charge is -2.34. The van der Waals surface area contributed by atoms with E-state index in [-0.39, 0.29) is 11.2 Å². The molecule has 26 heavy (non-hydrogen) atoms. The molecule has 4 nitrogen and oxygen atoms in total. The van der Waals surface area contributed by atoms with E-state index in [1.54, 1.807) is 11.8 Å². The number of nitrogens with zero attached hydrogens (tertiary/aromatic N) is 2. The zero-order chi connectivity index (χ0) is 18.4. The minimum absolute atomic E-state index is 0.0540. The van der Waals surface area contributed by atoms with Crippen molar-refractivity contribution in [1.82, 2.24) is 4.90 Å². The Kier molecular flexibility index (Phi) is 6.58. The van der Waals surface area contributed by atoms with Crippen molar-refractivity contribution in [3.63, 3.8) is 0 Å². The summed E-state index contributed by atoms with van der Waals surface area (Å²) < 4.78 is 0. The Hall–Kier alpha value is -1.98. The maximum Gasteiger partial charge on any atom is 0.237 e. The number of hydrogen-bond acceptors (Lipinski definition) is 4. The number of hydrogen-bond donors (Lipinski definition) is 1. The third kappa shape index (κ3) is 5.26. The Labute approximate surface area is 160 Å². The molecule has 0 unspecified atom stereocenters. The molecule has 0 radical (unpaired) electrons. The molecule has 1 aliphatic heterocycles. The summed E-state index contributed by atoms with van der Waals surface area (Å²) in [5.74, 6) is 0.899. The van der Waals surface area contributed by atoms with Gasteiger partial charge in [0.1, 0.15) is 0 Å². The van der Waals surface area contributed by atoms with Gasteiger partial charge in [-0.3, -0.25) is 4.79 Å². The van der Waals surface area contributed by atoms with Crippen molar-refractivity contribution in [3.8, 4) is 0 Å². The molecule has 1 saturated heterocycles. The van der Waals surface area contributed by atoms with Gasteiger partial charge in [0.25, 0.3) is 0 Å². The molecule has 1 atom stereocenters. The average Bonchev–Trinajstić information content (AvgIpc) is 2.68. The number of carbonyl (C=O) groups is 1. The van der Waals surface area contributed by atoms with Crippen LogP contribution in [0.5, 0.6) is 0 Å². The zero-order valence-electron chi connectivity index (χ0n) is 15.5. The third-order valence-electron chi connectivity index (χ3n) is 4.72. The lowest BCUT2D eigenvalue weighted by atomic mass is 10.2. The SMILES string of the molecule is C[C@@H](SCc1ccccc1)C(=O)Nc1ccc(N2CCN(C)CC2)cc1. The van der Waals surface area contributed by atoms with Crippen LogP contribution >= 0.6 is 11.8 Å². The van der Waals surface area contributed by atoms with Crippen LogP contribution in [0.2, 0.25) is 0 Å². The lowest BCUT2D eigenvalue weighted by molar-refractivity contribution is -0.115. The van der Waals surface area contributed by atoms with Crippen LogP contribution in [0.25, 0.3) is 0 Å². The van der Waals surface area contributed by atoms with Gasteiger partial charge < -0.3 is 15.1 Å². The van der Waals surface area contributed by atoms with E-state index in [2.05, 4.69) is 46.4 Å². The highest BCUT2D eigenvalue weighted by Crippen LogP contribution is 2.22. The predicted octanol–water partition coefficient (Wildman–Crippen LogP) is 3.70. The zero-order valence-corrected chi connectivity index (χ0v) is 16.3. The standard InChI is InChI=1S/C21H27N3OS/c1-17(26-16-18-6-4-3-5-7-18)21(25)22-19-8-10-20(11-9-19)24-14-12-23(2)13-15-24/h3-11,17H,12-16H2,1-2H3,(H,22,25)/t17-/m1/s1. The molecule has 2 aromatic rings. The molecule has 5 heteroatoms. The Morgan fingerprint density at radius 3 is 2.35 bits per heavy atom. The van der Waals surface area contributed by atoms with Gasteiger partial charge >= 0.3 is 0 Å². The third-order valence-corrected chi connectivity index (χ3v) is 5.93. The van der Waals surface area contributed by atoms with Gasteiger partial charge in [-0.05, 0) is 43.8 Å². The van der Waals surface area contributed by atoms with Gasteiger partial charge in [-0.1, -0.05) is 30.3 Å². The first-order valence-corrected chi connectivity index (χ1v) is 10.2. The number of benzene rings is 2. The molecule has 2 aromatic carbocycles. The molecule has 0 saturated carbocycles. The molecule has 1 N–H and O–H groups in total. The average molecular weight is 370 g/mol. The second-order valence-corrected chi connectivity index (χ2v) is 8.09. The molecule has 1 aliphatic rings. The molecule has 0 bridgehead atoms. The van der Waals surface area contributed by atoms with Crippen molar-refractivity contribution in [2.24, 2.45) is 0 Å². The van der Waals surface area contributed by atoms with Gasteiger partial charge in [-0.2, -0.15) is 0 Å². The molecule has 1 amide bonds. The number of thioether (sulfide) groups is 1. The second kappa shape index (κ2) is 9.10. The number of likely N-dealkylation sites (N-methyl/N-ethyl adjacent to an activating group) is 1. The quantitative estimate of drug-likeness (QED) is 0.842. The Bertz CT molecular complexity index is 697. The number of amides is 1. The summed E-state index contributed by atoms with van der Waals surface area (Å²) in [6, 6.07) is 18.5. The van der Waals surface area contributed by atoms with E-state index in [9.17, 15) is 4.79 Å². The number of carbonyl (C=O) groups excluding carboxylic acids is 1. The molecule has 1 heterocycles. The molecular weight excluding hydrogens is 342 g/mol. The van der Waals surface area contributed by atoms with Gasteiger partial charge in [0.2, 0.25) is 5.91 Å². The van der Waals surface area contributed by atoms with Crippen molar-refractivity contribution in [3.05, 3.63) is 60.2 Å². The number of piperazine rings is 1. The van der Waals surface area contributed by atoms with Gasteiger partial charge in [0, 0.05) is 43.3 Å². The first kappa shape index (κ1) is 18.8. The molecule has 0 aliphatic carbocycles. The Morgan fingerprint density at radius 1 is 1.04 bits per heavy atom. The fourth-order valence-electron chi connectivity index (χ4n) is 2.94. The van der Waals surface area contributed by atoms with E-state index in [1.807, 2.05) is 37.3 Å². The molecule has 138 valence electrons. The van der Waals surface area contributed by atoms with E-state index >= 15 is 0 Å². The van der Waals surface area contributed by atoms with E-state index < -0.39 is 0 Å². The molecule has 0 spiro atoms. The monoisotopic (exact) mass is 369 g/mol. The van der Waals surface area contributed by atoms with Crippen LogP contribution in [0, 0.1) is 0 Å². The highest BCUT2D eigenvalue weighted by atomic mass is 32.2. The summed E-state index contributed by atoms with van der Waals surface area (Å²) in [5.41, 5.74) is 3.33. The van der Waals surface area contributed by atoms with Crippen molar-refractivity contribution in [1.29, 1.82) is 0 Å². The van der Waals surface area contributed by atoms with Crippen molar-refractivity contribution >= 4 is 29.0 Å². The minimum Gasteiger partial charge on any atom is -0.369 e. The van der Waals surface area contributed by atoms with Crippen molar-refractivity contribution < 1.29 is 4.79 Å². The van der Waals surface area contributed by atoms with Gasteiger partial charge in [0.15, 0.2) is 0 Å². The van der Waals surface area contributed by atoms with Crippen LogP contribution in [-0.4, -0.2) is 49.3 Å². The van der Waals surface area contributed by atoms with Crippen LogP contribution in [-0.2, 0) is 10.5 Å². The maximum atomic E-state index is 12.4. The highest BCUT2D eigenvalue weighted by Gasteiger charge is 2.16. The lowest BCUT2D eigenvalue weighted by Crippen LogP contribution is -2.44. The summed E-state index contributed by atoms with van der Waals surface area (Å²) in [6.45, 7) is 6.25. The van der Waals surface area contributed by atoms with Crippen LogP contribution in [0.1, 0.15) is 12.5 Å². The maximum absolute atomic E-state index is 12.4. The Balaban J connectivity index is 1.49. The predicted molar refractivity (Wildman–Crippen MR) is 112 cm³/mol. The number of anilines is 2. The van der Waals surface area contributed by atoms with Crippen LogP contribution < -0.4 is 10.2 Å². The number of rotatable bonds is 6. The first-order chi connectivity index (χ1) is 12.6. The van der Waals surface area contributed by atoms with E-state index in [0.717, 1.165) is 37.6 Å². The molecular formula is C21H27N3OS. The summed E-state index contributed by atoms with van der Waals surface area (Å²) in [5, 5.41) is 2.94. The van der Waals surface area contributed by atoms with Crippen molar-refractivity contribution in [2.45, 2.75) is 17.9 Å². The smallest absolute Gasteiger partial charge is 0.237 e. The van der Waals surface area contributed by atoms with E-state index in [4.69, 9.17) is 0 Å². The van der Waals surface area contributed by atoms with Gasteiger partial charge in [-0.15, -0.1) is 11.8 Å². The van der Waals surface area contributed by atoms with Gasteiger partial charge in [0.05, 0.1) is 5.25 Å². The second-order valence-electron chi connectivity index (χ2n) is 6.77. The first-order valence-electron chi connectivity index (χ1n) is 9.12. The molecule has 1 fully saturated rings. The van der Waals surface area contributed by atoms with E-state index in [1.165, 1.54) is 11.3 Å². The fraction of sp³-hybridized carbons (Fsp3) is 0.381. The Morgan fingerprint density at radius 2 is 1.69 bits per heavy atom. The largest absolute Gasteiger partial charge is 0.369 e. The topological polar surface area (TPSA) is 35.6 Å². The normalized spacial score (nSPS) is 16.3. The highest BCUT2D eigenvalue weighted by molar-refractivity contribution is 7.99. The molecule has 0 aromatic heterocycles. The van der Waals surface area contributed by atoms with Crippen LogP contribution in [0.15, 0.2) is 54.6 Å². The van der Waals surface area contributed by atoms with Crippen LogP contribution in [0.3, 0.4) is 0 Å². The summed E-state index contributed by atoms with van der Waals surface area (Å²) in [7, 11) is 2.16. The summed E-state index contributed by atoms with van der Waals surface area (Å²) in [6.07, 6.45) is 0.